The van der Waals surface area contributed by atoms with E-state index in [1.807, 2.05) is 19.1 Å². The minimum atomic E-state index is -0.482. The van der Waals surface area contributed by atoms with E-state index in [-0.39, 0.29) is 5.69 Å². The van der Waals surface area contributed by atoms with Gasteiger partial charge in [-0.25, -0.2) is 0 Å². The Labute approximate surface area is 120 Å². The molecule has 0 radical (unpaired) electrons. The van der Waals surface area contributed by atoms with Crippen molar-refractivity contribution < 1.29 is 4.92 Å². The van der Waals surface area contributed by atoms with Gasteiger partial charge in [-0.1, -0.05) is 17.7 Å². The largest absolute Gasteiger partial charge is 0.354 e. The minimum absolute atomic E-state index is 0.0632. The first-order valence-electron chi connectivity index (χ1n) is 5.79. The summed E-state index contributed by atoms with van der Waals surface area (Å²) in [6.45, 7) is 1.93. The highest BCUT2D eigenvalue weighted by molar-refractivity contribution is 6.33. The number of nitrogens with zero attached hydrogens (tertiary/aromatic N) is 1. The molecule has 0 aliphatic heterocycles. The van der Waals surface area contributed by atoms with Crippen LogP contribution in [0.5, 0.6) is 0 Å². The number of nitrogen functional groups attached to an aromatic ring is 1. The van der Waals surface area contributed by atoms with E-state index < -0.39 is 4.92 Å². The van der Waals surface area contributed by atoms with Gasteiger partial charge in [-0.05, 0) is 30.7 Å². The lowest BCUT2D eigenvalue weighted by atomic mass is 10.2. The Bertz CT molecular complexity index is 661. The number of hydrazine groups is 1. The molecule has 104 valence electrons. The number of hydrogen-bond donors (Lipinski definition) is 3. The highest BCUT2D eigenvalue weighted by Crippen LogP contribution is 2.30. The predicted octanol–water partition coefficient (Wildman–Crippen LogP) is 3.59. The van der Waals surface area contributed by atoms with E-state index in [2.05, 4.69) is 10.7 Å². The van der Waals surface area contributed by atoms with E-state index in [0.717, 1.165) is 5.56 Å². The van der Waals surface area contributed by atoms with E-state index in [0.29, 0.717) is 22.1 Å². The molecule has 0 amide bonds. The van der Waals surface area contributed by atoms with Crippen molar-refractivity contribution in [2.45, 2.75) is 6.92 Å². The van der Waals surface area contributed by atoms with Crippen molar-refractivity contribution in [3.8, 4) is 0 Å². The molecule has 2 aromatic rings. The lowest BCUT2D eigenvalue weighted by Gasteiger charge is -2.11. The molecule has 0 spiro atoms. The fourth-order valence-corrected chi connectivity index (χ4v) is 1.93. The Kier molecular flexibility index (Phi) is 4.07. The highest BCUT2D eigenvalue weighted by Gasteiger charge is 2.10. The fraction of sp³-hybridized carbons (Fsp3) is 0.0769. The number of halogens is 1. The van der Waals surface area contributed by atoms with Gasteiger partial charge < -0.3 is 10.7 Å². The summed E-state index contributed by atoms with van der Waals surface area (Å²) in [4.78, 5) is 10.4. The molecule has 4 N–H and O–H groups in total. The van der Waals surface area contributed by atoms with Crippen molar-refractivity contribution in [2.75, 3.05) is 10.7 Å². The summed E-state index contributed by atoms with van der Waals surface area (Å²) in [6, 6.07) is 9.93. The van der Waals surface area contributed by atoms with Crippen molar-refractivity contribution >= 4 is 34.4 Å². The molecule has 0 saturated heterocycles. The maximum atomic E-state index is 10.9. The second kappa shape index (κ2) is 5.77. The number of nitro benzene ring substituents is 1. The lowest BCUT2D eigenvalue weighted by Crippen LogP contribution is -2.07. The van der Waals surface area contributed by atoms with Crippen LogP contribution in [-0.4, -0.2) is 4.92 Å². The first kappa shape index (κ1) is 14.1. The van der Waals surface area contributed by atoms with Gasteiger partial charge in [-0.15, -0.1) is 0 Å². The van der Waals surface area contributed by atoms with Crippen LogP contribution in [0.2, 0.25) is 5.02 Å². The van der Waals surface area contributed by atoms with Crippen LogP contribution in [0.25, 0.3) is 0 Å². The zero-order chi connectivity index (χ0) is 14.7. The van der Waals surface area contributed by atoms with Crippen molar-refractivity contribution in [2.24, 2.45) is 5.84 Å². The predicted molar refractivity (Wildman–Crippen MR) is 80.4 cm³/mol. The van der Waals surface area contributed by atoms with E-state index in [1.165, 1.54) is 12.1 Å². The molecule has 0 unspecified atom stereocenters. The van der Waals surface area contributed by atoms with Crippen molar-refractivity contribution in [3.05, 3.63) is 57.1 Å². The number of nitro groups is 1. The van der Waals surface area contributed by atoms with Crippen molar-refractivity contribution in [1.82, 2.24) is 0 Å². The number of hydrogen-bond acceptors (Lipinski definition) is 5. The third-order valence-electron chi connectivity index (χ3n) is 2.70. The third-order valence-corrected chi connectivity index (χ3v) is 3.03. The van der Waals surface area contributed by atoms with Gasteiger partial charge >= 0.3 is 0 Å². The number of aryl methyl sites for hydroxylation is 1. The SMILES string of the molecule is Cc1ccc(Cl)c(Nc2cc(NN)cc([N+](=O)[O-])c2)c1. The molecule has 0 heterocycles. The maximum Gasteiger partial charge on any atom is 0.273 e. The molecule has 2 aromatic carbocycles. The van der Waals surface area contributed by atoms with Crippen LogP contribution in [0.3, 0.4) is 0 Å². The van der Waals surface area contributed by atoms with Gasteiger partial charge in [0.1, 0.15) is 0 Å². The van der Waals surface area contributed by atoms with E-state index in [4.69, 9.17) is 17.4 Å². The standard InChI is InChI=1S/C13H13ClN4O2/c1-8-2-3-12(14)13(4-8)16-9-5-10(17-15)7-11(6-9)18(19)20/h2-7,16-17H,15H2,1H3. The fourth-order valence-electron chi connectivity index (χ4n) is 1.76. The molecular weight excluding hydrogens is 280 g/mol. The van der Waals surface area contributed by atoms with Crippen molar-refractivity contribution in [3.63, 3.8) is 0 Å². The zero-order valence-electron chi connectivity index (χ0n) is 10.7. The van der Waals surface area contributed by atoms with E-state index in [9.17, 15) is 10.1 Å². The van der Waals surface area contributed by atoms with Crippen molar-refractivity contribution in [1.29, 1.82) is 0 Å². The summed E-state index contributed by atoms with van der Waals surface area (Å²) in [6.07, 6.45) is 0. The summed E-state index contributed by atoms with van der Waals surface area (Å²) in [5.74, 6) is 5.31. The Balaban J connectivity index is 2.39. The van der Waals surface area contributed by atoms with E-state index >= 15 is 0 Å². The van der Waals surface area contributed by atoms with Gasteiger partial charge in [0.15, 0.2) is 0 Å². The summed E-state index contributed by atoms with van der Waals surface area (Å²) in [5, 5.41) is 14.5. The number of anilines is 3. The second-order valence-corrected chi connectivity index (χ2v) is 4.69. The van der Waals surface area contributed by atoms with Gasteiger partial charge in [0.05, 0.1) is 21.3 Å². The molecule has 0 fully saturated rings. The Morgan fingerprint density at radius 1 is 1.20 bits per heavy atom. The molecule has 0 saturated carbocycles. The van der Waals surface area contributed by atoms with Gasteiger partial charge in [-0.2, -0.15) is 0 Å². The van der Waals surface area contributed by atoms with Gasteiger partial charge in [0.2, 0.25) is 0 Å². The summed E-state index contributed by atoms with van der Waals surface area (Å²) >= 11 is 6.09. The summed E-state index contributed by atoms with van der Waals surface area (Å²) in [5.41, 5.74) is 5.00. The van der Waals surface area contributed by atoms with Crippen LogP contribution >= 0.6 is 11.6 Å². The molecule has 7 heteroatoms. The van der Waals surface area contributed by atoms with E-state index in [1.54, 1.807) is 12.1 Å². The maximum absolute atomic E-state index is 10.9. The topological polar surface area (TPSA) is 93.2 Å². The molecule has 0 aromatic heterocycles. The van der Waals surface area contributed by atoms with Crippen LogP contribution in [0.1, 0.15) is 5.56 Å². The normalized spacial score (nSPS) is 10.2. The second-order valence-electron chi connectivity index (χ2n) is 4.28. The number of non-ortho nitro benzene ring substituents is 1. The lowest BCUT2D eigenvalue weighted by molar-refractivity contribution is -0.384. The zero-order valence-corrected chi connectivity index (χ0v) is 11.4. The van der Waals surface area contributed by atoms with Crippen LogP contribution in [0.4, 0.5) is 22.7 Å². The van der Waals surface area contributed by atoms with Crippen LogP contribution in [0, 0.1) is 17.0 Å². The quantitative estimate of drug-likeness (QED) is 0.455. The Hall–Kier alpha value is -2.31. The summed E-state index contributed by atoms with van der Waals surface area (Å²) in [7, 11) is 0. The molecule has 2 rings (SSSR count). The highest BCUT2D eigenvalue weighted by atomic mass is 35.5. The first-order chi connectivity index (χ1) is 9.49. The molecule has 0 aliphatic rings. The first-order valence-corrected chi connectivity index (χ1v) is 6.16. The summed E-state index contributed by atoms with van der Waals surface area (Å²) < 4.78 is 0. The average molecular weight is 293 g/mol. The molecule has 0 bridgehead atoms. The number of nitrogens with two attached hydrogens (primary N) is 1. The smallest absolute Gasteiger partial charge is 0.273 e. The molecule has 0 atom stereocenters. The number of benzene rings is 2. The van der Waals surface area contributed by atoms with Gasteiger partial charge in [-0.3, -0.25) is 16.0 Å². The molecular formula is C13H13ClN4O2. The Morgan fingerprint density at radius 2 is 1.90 bits per heavy atom. The third kappa shape index (κ3) is 3.17. The Morgan fingerprint density at radius 3 is 2.55 bits per heavy atom. The van der Waals surface area contributed by atoms with Crippen LogP contribution < -0.4 is 16.6 Å². The molecule has 20 heavy (non-hydrogen) atoms. The monoisotopic (exact) mass is 292 g/mol. The average Bonchev–Trinajstić information content (AvgIpc) is 2.42. The molecule has 0 aliphatic carbocycles. The minimum Gasteiger partial charge on any atom is -0.354 e. The van der Waals surface area contributed by atoms with Gasteiger partial charge in [0.25, 0.3) is 5.69 Å². The van der Waals surface area contributed by atoms with Crippen LogP contribution in [0.15, 0.2) is 36.4 Å². The van der Waals surface area contributed by atoms with Crippen LogP contribution in [-0.2, 0) is 0 Å². The van der Waals surface area contributed by atoms with Gasteiger partial charge in [0, 0.05) is 17.8 Å². The number of nitrogens with one attached hydrogen (secondary N) is 2. The molecule has 6 nitrogen and oxygen atoms in total. The number of rotatable bonds is 4.